The number of nitrogens with zero attached hydrogens (tertiary/aromatic N) is 3. The molecule has 2 fully saturated rings. The molecule has 3 rings (SSSR count). The van der Waals surface area contributed by atoms with Crippen LogP contribution in [0.4, 0.5) is 0 Å². The van der Waals surface area contributed by atoms with E-state index in [1.54, 1.807) is 7.11 Å². The van der Waals surface area contributed by atoms with Crippen molar-refractivity contribution >= 4 is 17.6 Å². The third kappa shape index (κ3) is 4.81. The van der Waals surface area contributed by atoms with E-state index in [4.69, 9.17) is 21.1 Å². The lowest BCUT2D eigenvalue weighted by Crippen LogP contribution is -2.46. The molecular formula is C19H29ClN4O2. The van der Waals surface area contributed by atoms with E-state index in [0.717, 1.165) is 74.7 Å². The molecule has 1 atom stereocenters. The molecule has 0 bridgehead atoms. The SMILES string of the molecule is CN=C(NCCc1ccc(OC)cc1Cl)N1CCC(N2CCOCC2)C1. The zero-order valence-corrected chi connectivity index (χ0v) is 16.5. The lowest BCUT2D eigenvalue weighted by molar-refractivity contribution is 0.0195. The van der Waals surface area contributed by atoms with Crippen LogP contribution in [0.3, 0.4) is 0 Å². The van der Waals surface area contributed by atoms with E-state index in [2.05, 4.69) is 20.1 Å². The minimum absolute atomic E-state index is 0.605. The van der Waals surface area contributed by atoms with Crippen LogP contribution in [-0.2, 0) is 11.2 Å². The molecular weight excluding hydrogens is 352 g/mol. The minimum Gasteiger partial charge on any atom is -0.497 e. The van der Waals surface area contributed by atoms with Crippen molar-refractivity contribution in [2.24, 2.45) is 4.99 Å². The van der Waals surface area contributed by atoms with E-state index in [-0.39, 0.29) is 0 Å². The summed E-state index contributed by atoms with van der Waals surface area (Å²) < 4.78 is 10.7. The van der Waals surface area contributed by atoms with Crippen molar-refractivity contribution in [3.63, 3.8) is 0 Å². The first kappa shape index (κ1) is 19.3. The molecule has 2 aliphatic heterocycles. The quantitative estimate of drug-likeness (QED) is 0.624. The Morgan fingerprint density at radius 2 is 2.15 bits per heavy atom. The molecule has 7 heteroatoms. The molecule has 0 spiro atoms. The minimum atomic E-state index is 0.605. The molecule has 0 amide bonds. The number of hydrogen-bond donors (Lipinski definition) is 1. The Labute approximate surface area is 161 Å². The number of likely N-dealkylation sites (tertiary alicyclic amines) is 1. The number of rotatable bonds is 5. The zero-order chi connectivity index (χ0) is 18.4. The highest BCUT2D eigenvalue weighted by molar-refractivity contribution is 6.31. The van der Waals surface area contributed by atoms with E-state index >= 15 is 0 Å². The van der Waals surface area contributed by atoms with Crippen molar-refractivity contribution in [2.75, 3.05) is 60.1 Å². The predicted molar refractivity (Wildman–Crippen MR) is 105 cm³/mol. The first-order chi connectivity index (χ1) is 12.7. The van der Waals surface area contributed by atoms with E-state index in [9.17, 15) is 0 Å². The Morgan fingerprint density at radius 3 is 2.85 bits per heavy atom. The van der Waals surface area contributed by atoms with Gasteiger partial charge in [-0.25, -0.2) is 0 Å². The van der Waals surface area contributed by atoms with E-state index in [1.807, 2.05) is 25.2 Å². The van der Waals surface area contributed by atoms with Gasteiger partial charge in [0.05, 0.1) is 20.3 Å². The second kappa shape index (κ2) is 9.44. The molecule has 1 N–H and O–H groups in total. The maximum Gasteiger partial charge on any atom is 0.193 e. The van der Waals surface area contributed by atoms with Crippen LogP contribution < -0.4 is 10.1 Å². The third-order valence-electron chi connectivity index (χ3n) is 5.17. The van der Waals surface area contributed by atoms with Crippen molar-refractivity contribution < 1.29 is 9.47 Å². The van der Waals surface area contributed by atoms with Crippen molar-refractivity contribution in [3.05, 3.63) is 28.8 Å². The number of methoxy groups -OCH3 is 1. The van der Waals surface area contributed by atoms with Gasteiger partial charge in [-0.3, -0.25) is 9.89 Å². The number of morpholine rings is 1. The number of halogens is 1. The van der Waals surface area contributed by atoms with Crippen LogP contribution in [0.25, 0.3) is 0 Å². The van der Waals surface area contributed by atoms with Crippen LogP contribution in [-0.4, -0.2) is 81.9 Å². The maximum absolute atomic E-state index is 6.33. The largest absolute Gasteiger partial charge is 0.497 e. The first-order valence-corrected chi connectivity index (χ1v) is 9.69. The van der Waals surface area contributed by atoms with E-state index < -0.39 is 0 Å². The number of aliphatic imine (C=N–C) groups is 1. The van der Waals surface area contributed by atoms with Crippen LogP contribution in [0.15, 0.2) is 23.2 Å². The van der Waals surface area contributed by atoms with E-state index in [1.165, 1.54) is 6.42 Å². The number of ether oxygens (including phenoxy) is 2. The van der Waals surface area contributed by atoms with Gasteiger partial charge < -0.3 is 19.7 Å². The van der Waals surface area contributed by atoms with Gasteiger partial charge in [0.25, 0.3) is 0 Å². The molecule has 0 radical (unpaired) electrons. The molecule has 1 unspecified atom stereocenters. The van der Waals surface area contributed by atoms with Gasteiger partial charge in [0.15, 0.2) is 5.96 Å². The summed E-state index contributed by atoms with van der Waals surface area (Å²) in [5.74, 6) is 1.76. The Bertz CT molecular complexity index is 620. The summed E-state index contributed by atoms with van der Waals surface area (Å²) in [4.78, 5) is 9.37. The molecule has 0 saturated carbocycles. The number of benzene rings is 1. The molecule has 1 aromatic rings. The fraction of sp³-hybridized carbons (Fsp3) is 0.632. The summed E-state index contributed by atoms with van der Waals surface area (Å²) in [5, 5.41) is 4.23. The fourth-order valence-electron chi connectivity index (χ4n) is 3.67. The highest BCUT2D eigenvalue weighted by Gasteiger charge is 2.30. The van der Waals surface area contributed by atoms with Gasteiger partial charge in [-0.15, -0.1) is 0 Å². The summed E-state index contributed by atoms with van der Waals surface area (Å²) in [6, 6.07) is 6.44. The van der Waals surface area contributed by atoms with Crippen LogP contribution in [0.1, 0.15) is 12.0 Å². The van der Waals surface area contributed by atoms with Gasteiger partial charge >= 0.3 is 0 Å². The van der Waals surface area contributed by atoms with Crippen LogP contribution in [0.5, 0.6) is 5.75 Å². The second-order valence-electron chi connectivity index (χ2n) is 6.72. The molecule has 26 heavy (non-hydrogen) atoms. The predicted octanol–water partition coefficient (Wildman–Crippen LogP) is 1.87. The lowest BCUT2D eigenvalue weighted by atomic mass is 10.1. The lowest BCUT2D eigenvalue weighted by Gasteiger charge is -2.32. The molecule has 6 nitrogen and oxygen atoms in total. The van der Waals surface area contributed by atoms with Gasteiger partial charge in [-0.1, -0.05) is 17.7 Å². The van der Waals surface area contributed by atoms with Crippen LogP contribution in [0.2, 0.25) is 5.02 Å². The monoisotopic (exact) mass is 380 g/mol. The normalized spacial score (nSPS) is 21.9. The maximum atomic E-state index is 6.33. The van der Waals surface area contributed by atoms with Crippen molar-refractivity contribution in [3.8, 4) is 5.75 Å². The van der Waals surface area contributed by atoms with E-state index in [0.29, 0.717) is 6.04 Å². The summed E-state index contributed by atoms with van der Waals surface area (Å²) in [6.45, 7) is 6.67. The molecule has 2 heterocycles. The number of hydrogen-bond acceptors (Lipinski definition) is 4. The summed E-state index contributed by atoms with van der Waals surface area (Å²) in [5.41, 5.74) is 1.11. The molecule has 1 aromatic carbocycles. The first-order valence-electron chi connectivity index (χ1n) is 9.31. The Morgan fingerprint density at radius 1 is 1.35 bits per heavy atom. The molecule has 2 saturated heterocycles. The highest BCUT2D eigenvalue weighted by Crippen LogP contribution is 2.22. The summed E-state index contributed by atoms with van der Waals surface area (Å²) in [7, 11) is 3.50. The number of guanidine groups is 1. The fourth-order valence-corrected chi connectivity index (χ4v) is 3.94. The zero-order valence-electron chi connectivity index (χ0n) is 15.7. The molecule has 2 aliphatic rings. The van der Waals surface area contributed by atoms with Gasteiger partial charge in [0, 0.05) is 50.8 Å². The van der Waals surface area contributed by atoms with Crippen LogP contribution >= 0.6 is 11.6 Å². The smallest absolute Gasteiger partial charge is 0.193 e. The van der Waals surface area contributed by atoms with Gasteiger partial charge in [-0.2, -0.15) is 0 Å². The third-order valence-corrected chi connectivity index (χ3v) is 5.53. The van der Waals surface area contributed by atoms with Gasteiger partial charge in [0.2, 0.25) is 0 Å². The standard InChI is InChI=1S/C19H29ClN4O2/c1-21-19(22-7-5-15-3-4-17(25-2)13-18(15)20)24-8-6-16(14-24)23-9-11-26-12-10-23/h3-4,13,16H,5-12,14H2,1-2H3,(H,21,22). The highest BCUT2D eigenvalue weighted by atomic mass is 35.5. The molecule has 144 valence electrons. The summed E-state index contributed by atoms with van der Waals surface area (Å²) >= 11 is 6.33. The van der Waals surface area contributed by atoms with Gasteiger partial charge in [-0.05, 0) is 30.5 Å². The van der Waals surface area contributed by atoms with Crippen molar-refractivity contribution in [1.82, 2.24) is 15.1 Å². The van der Waals surface area contributed by atoms with Gasteiger partial charge in [0.1, 0.15) is 5.75 Å². The topological polar surface area (TPSA) is 49.3 Å². The molecule has 0 aliphatic carbocycles. The summed E-state index contributed by atoms with van der Waals surface area (Å²) in [6.07, 6.45) is 2.04. The Hall–Kier alpha value is -1.50. The van der Waals surface area contributed by atoms with Crippen molar-refractivity contribution in [2.45, 2.75) is 18.9 Å². The van der Waals surface area contributed by atoms with Crippen LogP contribution in [0, 0.1) is 0 Å². The molecule has 0 aromatic heterocycles. The average Bonchev–Trinajstić information content (AvgIpc) is 3.17. The Kier molecular flexibility index (Phi) is 7.00. The second-order valence-corrected chi connectivity index (χ2v) is 7.13. The number of nitrogens with one attached hydrogen (secondary N) is 1. The van der Waals surface area contributed by atoms with Crippen molar-refractivity contribution in [1.29, 1.82) is 0 Å². The Balaban J connectivity index is 1.48. The average molecular weight is 381 g/mol.